The summed E-state index contributed by atoms with van der Waals surface area (Å²) in [5.74, 6) is 0. The summed E-state index contributed by atoms with van der Waals surface area (Å²) in [6.45, 7) is 8.19. The van der Waals surface area contributed by atoms with Crippen LogP contribution in [0.3, 0.4) is 0 Å². The molecule has 0 aliphatic carbocycles. The Labute approximate surface area is 126 Å². The zero-order valence-electron chi connectivity index (χ0n) is 12.9. The maximum absolute atomic E-state index is 12.2. The van der Waals surface area contributed by atoms with E-state index in [4.69, 9.17) is 0 Å². The number of hydrogen-bond acceptors (Lipinski definition) is 2. The van der Waals surface area contributed by atoms with Crippen LogP contribution in [0.4, 0.5) is 11.4 Å². The Morgan fingerprint density at radius 2 is 1.62 bits per heavy atom. The number of hydrogen-bond donors (Lipinski definition) is 0. The molecule has 110 valence electrons. The lowest BCUT2D eigenvalue weighted by molar-refractivity contribution is -0.355. The van der Waals surface area contributed by atoms with Crippen LogP contribution in [0.15, 0.2) is 48.5 Å². The number of para-hydroxylation sites is 1. The Morgan fingerprint density at radius 3 is 2.19 bits per heavy atom. The van der Waals surface area contributed by atoms with E-state index in [9.17, 15) is 5.21 Å². The molecule has 0 saturated heterocycles. The second kappa shape index (κ2) is 6.93. The average molecular weight is 282 g/mol. The van der Waals surface area contributed by atoms with Gasteiger partial charge in [-0.25, -0.2) is 0 Å². The van der Waals surface area contributed by atoms with Gasteiger partial charge in [-0.1, -0.05) is 18.2 Å². The quantitative estimate of drug-likeness (QED) is 0.357. The van der Waals surface area contributed by atoms with Crippen molar-refractivity contribution in [2.75, 3.05) is 18.0 Å². The number of aryl methyl sites for hydroxylation is 1. The lowest BCUT2D eigenvalue weighted by Crippen LogP contribution is -2.21. The van der Waals surface area contributed by atoms with E-state index in [1.165, 1.54) is 5.69 Å². The summed E-state index contributed by atoms with van der Waals surface area (Å²) in [5.41, 5.74) is 3.75. The fourth-order valence-corrected chi connectivity index (χ4v) is 2.38. The van der Waals surface area contributed by atoms with Crippen LogP contribution in [0, 0.1) is 12.1 Å². The molecule has 3 heteroatoms. The number of nitrogens with zero attached hydrogens (tertiary/aromatic N) is 2. The molecule has 0 fully saturated rings. The second-order valence-electron chi connectivity index (χ2n) is 5.01. The van der Waals surface area contributed by atoms with Crippen LogP contribution in [-0.4, -0.2) is 24.0 Å². The van der Waals surface area contributed by atoms with E-state index >= 15 is 0 Å². The lowest BCUT2D eigenvalue weighted by atomic mass is 10.2. The summed E-state index contributed by atoms with van der Waals surface area (Å²) in [6, 6.07) is 15.7. The van der Waals surface area contributed by atoms with Crippen LogP contribution >= 0.6 is 0 Å². The van der Waals surface area contributed by atoms with Gasteiger partial charge in [0.05, 0.1) is 0 Å². The normalized spacial score (nSPS) is 11.5. The van der Waals surface area contributed by atoms with Crippen LogP contribution in [-0.2, 0) is 0 Å². The van der Waals surface area contributed by atoms with Crippen molar-refractivity contribution in [2.24, 2.45) is 0 Å². The highest BCUT2D eigenvalue weighted by Crippen LogP contribution is 2.17. The van der Waals surface area contributed by atoms with Crippen LogP contribution in [0.1, 0.15) is 25.0 Å². The van der Waals surface area contributed by atoms with Crippen LogP contribution < -0.4 is 4.90 Å². The van der Waals surface area contributed by atoms with Gasteiger partial charge in [0.25, 0.3) is 0 Å². The number of anilines is 1. The maximum Gasteiger partial charge on any atom is 0.219 e. The number of rotatable bonds is 5. The van der Waals surface area contributed by atoms with E-state index in [1.807, 2.05) is 43.3 Å². The standard InChI is InChI=1S/C18H22N2O/c1-4-19(5-2)17-12-10-16(11-13-17)14-20(21)18-9-7-6-8-15(18)3/h6-14H,4-5H2,1-3H3. The number of benzene rings is 2. The van der Waals surface area contributed by atoms with E-state index in [0.29, 0.717) is 5.69 Å². The summed E-state index contributed by atoms with van der Waals surface area (Å²) in [7, 11) is 0. The van der Waals surface area contributed by atoms with Crippen molar-refractivity contribution in [2.45, 2.75) is 20.8 Å². The van der Waals surface area contributed by atoms with Crippen molar-refractivity contribution in [3.05, 3.63) is 64.9 Å². The van der Waals surface area contributed by atoms with Crippen LogP contribution in [0.25, 0.3) is 0 Å². The highest BCUT2D eigenvalue weighted by Gasteiger charge is 2.06. The van der Waals surface area contributed by atoms with Gasteiger partial charge in [-0.15, -0.1) is 0 Å². The van der Waals surface area contributed by atoms with Gasteiger partial charge in [0.2, 0.25) is 5.69 Å². The van der Waals surface area contributed by atoms with Crippen molar-refractivity contribution < 1.29 is 4.74 Å². The largest absolute Gasteiger partial charge is 0.618 e. The summed E-state index contributed by atoms with van der Waals surface area (Å²) >= 11 is 0. The highest BCUT2D eigenvalue weighted by molar-refractivity contribution is 5.77. The van der Waals surface area contributed by atoms with Crippen LogP contribution in [0.5, 0.6) is 0 Å². The average Bonchev–Trinajstić information content (AvgIpc) is 2.50. The summed E-state index contributed by atoms with van der Waals surface area (Å²) in [5, 5.41) is 12.2. The zero-order valence-corrected chi connectivity index (χ0v) is 12.9. The van der Waals surface area contributed by atoms with Crippen molar-refractivity contribution in [3.8, 4) is 0 Å². The summed E-state index contributed by atoms with van der Waals surface area (Å²) in [6.07, 6.45) is 1.62. The molecule has 0 aromatic heterocycles. The van der Waals surface area contributed by atoms with Crippen molar-refractivity contribution in [1.29, 1.82) is 0 Å². The van der Waals surface area contributed by atoms with E-state index in [0.717, 1.165) is 29.0 Å². The molecule has 2 aromatic carbocycles. The fraction of sp³-hybridized carbons (Fsp3) is 0.278. The van der Waals surface area contributed by atoms with Gasteiger partial charge >= 0.3 is 0 Å². The molecule has 0 aliphatic rings. The Hall–Kier alpha value is -2.29. The molecule has 0 amide bonds. The van der Waals surface area contributed by atoms with E-state index in [-0.39, 0.29) is 0 Å². The van der Waals surface area contributed by atoms with Gasteiger partial charge < -0.3 is 10.1 Å². The molecular formula is C18H22N2O. The minimum absolute atomic E-state index is 0.685. The molecule has 21 heavy (non-hydrogen) atoms. The second-order valence-corrected chi connectivity index (χ2v) is 5.01. The van der Waals surface area contributed by atoms with E-state index in [2.05, 4.69) is 30.9 Å². The van der Waals surface area contributed by atoms with Gasteiger partial charge in [-0.05, 0) is 45.0 Å². The molecule has 0 heterocycles. The van der Waals surface area contributed by atoms with Crippen molar-refractivity contribution in [1.82, 2.24) is 0 Å². The third-order valence-electron chi connectivity index (χ3n) is 3.64. The van der Waals surface area contributed by atoms with Gasteiger partial charge in [-0.2, -0.15) is 4.74 Å². The first-order chi connectivity index (χ1) is 10.2. The molecule has 0 N–H and O–H groups in total. The zero-order chi connectivity index (χ0) is 15.2. The monoisotopic (exact) mass is 282 g/mol. The smallest absolute Gasteiger partial charge is 0.219 e. The maximum atomic E-state index is 12.2. The molecule has 0 radical (unpaired) electrons. The molecule has 3 nitrogen and oxygen atoms in total. The van der Waals surface area contributed by atoms with Crippen LogP contribution in [0.2, 0.25) is 0 Å². The van der Waals surface area contributed by atoms with Gasteiger partial charge in [0.1, 0.15) is 0 Å². The van der Waals surface area contributed by atoms with Crippen molar-refractivity contribution >= 4 is 17.6 Å². The molecule has 0 unspecified atom stereocenters. The first-order valence-corrected chi connectivity index (χ1v) is 7.37. The molecule has 0 saturated carbocycles. The third kappa shape index (κ3) is 3.63. The Bertz CT molecular complexity index is 613. The van der Waals surface area contributed by atoms with Gasteiger partial charge in [-0.3, -0.25) is 0 Å². The summed E-state index contributed by atoms with van der Waals surface area (Å²) in [4.78, 5) is 2.28. The first kappa shape index (κ1) is 15.1. The Balaban J connectivity index is 2.23. The minimum Gasteiger partial charge on any atom is -0.618 e. The predicted molar refractivity (Wildman–Crippen MR) is 89.6 cm³/mol. The predicted octanol–water partition coefficient (Wildman–Crippen LogP) is 4.10. The molecule has 0 bridgehead atoms. The first-order valence-electron chi connectivity index (χ1n) is 7.37. The highest BCUT2D eigenvalue weighted by atomic mass is 16.5. The van der Waals surface area contributed by atoms with Gasteiger partial charge in [0, 0.05) is 36.0 Å². The van der Waals surface area contributed by atoms with Crippen molar-refractivity contribution in [3.63, 3.8) is 0 Å². The third-order valence-corrected chi connectivity index (χ3v) is 3.64. The SMILES string of the molecule is CCN(CC)c1ccc(C=[N+]([O-])c2ccccc2C)cc1. The van der Waals surface area contributed by atoms with E-state index in [1.54, 1.807) is 6.21 Å². The van der Waals surface area contributed by atoms with Gasteiger partial charge in [0.15, 0.2) is 6.21 Å². The molecule has 2 rings (SSSR count). The topological polar surface area (TPSA) is 29.3 Å². The molecule has 2 aromatic rings. The lowest BCUT2D eigenvalue weighted by Gasteiger charge is -2.20. The molecule has 0 atom stereocenters. The molecule has 0 aliphatic heterocycles. The summed E-state index contributed by atoms with van der Waals surface area (Å²) < 4.78 is 0.932. The minimum atomic E-state index is 0.685. The molecular weight excluding hydrogens is 260 g/mol. The Morgan fingerprint density at radius 1 is 1.00 bits per heavy atom. The fourth-order valence-electron chi connectivity index (χ4n) is 2.38. The van der Waals surface area contributed by atoms with E-state index < -0.39 is 0 Å². The Kier molecular flexibility index (Phi) is 4.99. The molecule has 0 spiro atoms.